The minimum atomic E-state index is -0.867. The summed E-state index contributed by atoms with van der Waals surface area (Å²) >= 11 is 0. The predicted molar refractivity (Wildman–Crippen MR) is 82.4 cm³/mol. The molecule has 7 heteroatoms. The van der Waals surface area contributed by atoms with Gasteiger partial charge in [-0.1, -0.05) is 0 Å². The van der Waals surface area contributed by atoms with Gasteiger partial charge in [0.15, 0.2) is 0 Å². The second-order valence-electron chi connectivity index (χ2n) is 4.98. The highest BCUT2D eigenvalue weighted by atomic mass is 16.5. The summed E-state index contributed by atoms with van der Waals surface area (Å²) in [6.45, 7) is 3.43. The maximum absolute atomic E-state index is 12.1. The average Bonchev–Trinajstić information content (AvgIpc) is 3.02. The zero-order valence-electron chi connectivity index (χ0n) is 13.1. The van der Waals surface area contributed by atoms with E-state index in [-0.39, 0.29) is 18.3 Å². The minimum Gasteiger partial charge on any atom is -0.460 e. The first-order valence-corrected chi connectivity index (χ1v) is 7.27. The Bertz CT molecular complexity index is 562. The van der Waals surface area contributed by atoms with E-state index in [1.807, 2.05) is 0 Å². The van der Waals surface area contributed by atoms with E-state index < -0.39 is 11.8 Å². The van der Waals surface area contributed by atoms with E-state index in [0.29, 0.717) is 5.69 Å². The smallest absolute Gasteiger partial charge is 0.379 e. The molecule has 0 saturated carbocycles. The number of nitrogens with zero attached hydrogens (tertiary/aromatic N) is 2. The summed E-state index contributed by atoms with van der Waals surface area (Å²) in [5.74, 6) is -0.806. The van der Waals surface area contributed by atoms with Gasteiger partial charge in [-0.3, -0.25) is 4.79 Å². The van der Waals surface area contributed by atoms with Crippen molar-refractivity contribution in [2.75, 3.05) is 44.1 Å². The fourth-order valence-corrected chi connectivity index (χ4v) is 2.44. The first-order valence-electron chi connectivity index (χ1n) is 7.27. The van der Waals surface area contributed by atoms with Gasteiger partial charge < -0.3 is 19.7 Å². The van der Waals surface area contributed by atoms with Gasteiger partial charge in [0.2, 0.25) is 0 Å². The third kappa shape index (κ3) is 3.36. The van der Waals surface area contributed by atoms with Crippen LogP contribution in [0.15, 0.2) is 12.3 Å². The van der Waals surface area contributed by atoms with E-state index >= 15 is 0 Å². The molecule has 1 saturated heterocycles. The van der Waals surface area contributed by atoms with Gasteiger partial charge in [0.1, 0.15) is 5.82 Å². The molecule has 1 fully saturated rings. The quantitative estimate of drug-likeness (QED) is 0.479. The number of anilines is 2. The molecule has 1 aromatic rings. The van der Waals surface area contributed by atoms with Crippen LogP contribution in [0.3, 0.4) is 0 Å². The molecule has 0 bridgehead atoms. The van der Waals surface area contributed by atoms with Crippen LogP contribution in [0, 0.1) is 0 Å². The van der Waals surface area contributed by atoms with Gasteiger partial charge >= 0.3 is 5.97 Å². The fourth-order valence-electron chi connectivity index (χ4n) is 2.44. The fraction of sp³-hybridized carbons (Fsp3) is 0.533. The maximum Gasteiger partial charge on any atom is 0.379 e. The molecule has 22 heavy (non-hydrogen) atoms. The number of hydrogen-bond donors (Lipinski definition) is 1. The van der Waals surface area contributed by atoms with Crippen molar-refractivity contribution in [3.05, 3.63) is 17.8 Å². The SMILES string of the molecule is CCOC(=O)C(=O)c1cnc(N2CCC(OC)C2)cc1NC. The van der Waals surface area contributed by atoms with Crippen molar-refractivity contribution in [2.24, 2.45) is 0 Å². The highest BCUT2D eigenvalue weighted by Gasteiger charge is 2.26. The number of esters is 1. The Hall–Kier alpha value is -2.15. The number of nitrogens with one attached hydrogen (secondary N) is 1. The number of ether oxygens (including phenoxy) is 2. The van der Waals surface area contributed by atoms with Gasteiger partial charge in [-0.05, 0) is 13.3 Å². The topological polar surface area (TPSA) is 80.8 Å². The normalized spacial score (nSPS) is 17.4. The number of Topliss-reactive ketones (excluding diaryl/α,β-unsaturated/α-hetero) is 1. The number of ketones is 1. The minimum absolute atomic E-state index is 0.164. The number of hydrogen-bond acceptors (Lipinski definition) is 7. The van der Waals surface area contributed by atoms with Gasteiger partial charge in [-0.2, -0.15) is 0 Å². The van der Waals surface area contributed by atoms with E-state index in [1.54, 1.807) is 27.1 Å². The van der Waals surface area contributed by atoms with Gasteiger partial charge in [-0.15, -0.1) is 0 Å². The summed E-state index contributed by atoms with van der Waals surface area (Å²) in [4.78, 5) is 30.0. The third-order valence-corrected chi connectivity index (χ3v) is 3.67. The van der Waals surface area contributed by atoms with Crippen LogP contribution in [0.2, 0.25) is 0 Å². The second-order valence-corrected chi connectivity index (χ2v) is 4.98. The van der Waals surface area contributed by atoms with E-state index in [9.17, 15) is 9.59 Å². The Morgan fingerprint density at radius 3 is 2.86 bits per heavy atom. The summed E-state index contributed by atoms with van der Waals surface area (Å²) in [6, 6.07) is 1.77. The molecule has 0 amide bonds. The van der Waals surface area contributed by atoms with Crippen molar-refractivity contribution >= 4 is 23.3 Å². The standard InChI is InChI=1S/C15H21N3O4/c1-4-22-15(20)14(19)11-8-17-13(7-12(11)16-2)18-6-5-10(9-18)21-3/h7-8,10H,4-6,9H2,1-3H3,(H,16,17). The summed E-state index contributed by atoms with van der Waals surface area (Å²) in [5, 5.41) is 2.94. The molecule has 1 aromatic heterocycles. The number of carbonyl (C=O) groups is 2. The van der Waals surface area contributed by atoms with Crippen molar-refractivity contribution in [1.82, 2.24) is 4.98 Å². The lowest BCUT2D eigenvalue weighted by Crippen LogP contribution is -2.24. The Labute approximate surface area is 129 Å². The van der Waals surface area contributed by atoms with Gasteiger partial charge in [0, 0.05) is 39.5 Å². The molecule has 7 nitrogen and oxygen atoms in total. The molecule has 1 aliphatic rings. The van der Waals surface area contributed by atoms with Crippen LogP contribution in [-0.2, 0) is 14.3 Å². The molecule has 1 atom stereocenters. The van der Waals surface area contributed by atoms with Crippen LogP contribution in [0.4, 0.5) is 11.5 Å². The molecule has 1 unspecified atom stereocenters. The lowest BCUT2D eigenvalue weighted by Gasteiger charge is -2.19. The van der Waals surface area contributed by atoms with Crippen molar-refractivity contribution in [3.8, 4) is 0 Å². The van der Waals surface area contributed by atoms with Gasteiger partial charge in [-0.25, -0.2) is 9.78 Å². The molecule has 0 spiro atoms. The molecule has 1 N–H and O–H groups in total. The Balaban J connectivity index is 2.21. The molecule has 1 aliphatic heterocycles. The number of methoxy groups -OCH3 is 1. The first kappa shape index (κ1) is 16.2. The first-order chi connectivity index (χ1) is 10.6. The molecular formula is C15H21N3O4. The largest absolute Gasteiger partial charge is 0.460 e. The summed E-state index contributed by atoms with van der Waals surface area (Å²) in [5.41, 5.74) is 0.774. The van der Waals surface area contributed by atoms with E-state index in [1.165, 1.54) is 6.20 Å². The van der Waals surface area contributed by atoms with E-state index in [4.69, 9.17) is 9.47 Å². The average molecular weight is 307 g/mol. The van der Waals surface area contributed by atoms with Crippen LogP contribution < -0.4 is 10.2 Å². The van der Waals surface area contributed by atoms with E-state index in [0.717, 1.165) is 25.3 Å². The predicted octanol–water partition coefficient (Wildman–Crippen LogP) is 1.09. The van der Waals surface area contributed by atoms with Crippen LogP contribution in [0.25, 0.3) is 0 Å². The Morgan fingerprint density at radius 1 is 1.50 bits per heavy atom. The molecule has 0 radical (unpaired) electrons. The van der Waals surface area contributed by atoms with Crippen LogP contribution >= 0.6 is 0 Å². The lowest BCUT2D eigenvalue weighted by atomic mass is 10.1. The molecular weight excluding hydrogens is 286 g/mol. The molecule has 120 valence electrons. The number of carbonyl (C=O) groups excluding carboxylic acids is 2. The summed E-state index contributed by atoms with van der Waals surface area (Å²) in [7, 11) is 3.39. The molecule has 0 aromatic carbocycles. The molecule has 2 heterocycles. The summed E-state index contributed by atoms with van der Waals surface area (Å²) in [6.07, 6.45) is 2.55. The van der Waals surface area contributed by atoms with Gasteiger partial charge in [0.05, 0.1) is 24.0 Å². The van der Waals surface area contributed by atoms with Crippen LogP contribution in [0.5, 0.6) is 0 Å². The zero-order valence-corrected chi connectivity index (χ0v) is 13.1. The highest BCUT2D eigenvalue weighted by Crippen LogP contribution is 2.25. The monoisotopic (exact) mass is 307 g/mol. The number of aromatic nitrogens is 1. The van der Waals surface area contributed by atoms with Gasteiger partial charge in [0.25, 0.3) is 5.78 Å². The third-order valence-electron chi connectivity index (χ3n) is 3.67. The Morgan fingerprint density at radius 2 is 2.27 bits per heavy atom. The molecule has 0 aliphatic carbocycles. The molecule has 2 rings (SSSR count). The lowest BCUT2D eigenvalue weighted by molar-refractivity contribution is -0.137. The van der Waals surface area contributed by atoms with Crippen LogP contribution in [0.1, 0.15) is 23.7 Å². The zero-order chi connectivity index (χ0) is 16.1. The number of pyridine rings is 1. The van der Waals surface area contributed by atoms with Crippen molar-refractivity contribution in [3.63, 3.8) is 0 Å². The van der Waals surface area contributed by atoms with Crippen LogP contribution in [-0.4, -0.2) is 56.7 Å². The van der Waals surface area contributed by atoms with Crippen molar-refractivity contribution in [2.45, 2.75) is 19.4 Å². The maximum atomic E-state index is 12.1. The number of rotatable bonds is 6. The summed E-state index contributed by atoms with van der Waals surface area (Å²) < 4.78 is 10.1. The second kappa shape index (κ2) is 7.22. The highest BCUT2D eigenvalue weighted by molar-refractivity contribution is 6.41. The van der Waals surface area contributed by atoms with Crippen molar-refractivity contribution < 1.29 is 19.1 Å². The Kier molecular flexibility index (Phi) is 5.32. The van der Waals surface area contributed by atoms with E-state index in [2.05, 4.69) is 15.2 Å². The van der Waals surface area contributed by atoms with Crippen molar-refractivity contribution in [1.29, 1.82) is 0 Å².